The average molecular weight is 195 g/mol. The maximum absolute atomic E-state index is 13.3. The van der Waals surface area contributed by atoms with Gasteiger partial charge in [0.05, 0.1) is 0 Å². The molecule has 0 aromatic heterocycles. The summed E-state index contributed by atoms with van der Waals surface area (Å²) in [6, 6.07) is 9.58. The van der Waals surface area contributed by atoms with Crippen LogP contribution in [0.3, 0.4) is 0 Å². The number of hydrogen-bond donors (Lipinski definition) is 2. The zero-order valence-electron chi connectivity index (χ0n) is 7.91. The summed E-state index contributed by atoms with van der Waals surface area (Å²) in [6.07, 6.45) is 0.313. The first kappa shape index (κ1) is 9.62. The Hall–Kier alpha value is -0.930. The van der Waals surface area contributed by atoms with E-state index in [9.17, 15) is 9.50 Å². The molecule has 1 aliphatic heterocycles. The third-order valence-corrected chi connectivity index (χ3v) is 2.62. The number of hydrogen-bond acceptors (Lipinski definition) is 2. The Kier molecular flexibility index (Phi) is 2.52. The summed E-state index contributed by atoms with van der Waals surface area (Å²) in [5, 5.41) is 12.5. The van der Waals surface area contributed by atoms with Crippen molar-refractivity contribution in [3.8, 4) is 0 Å². The van der Waals surface area contributed by atoms with Gasteiger partial charge < -0.3 is 10.4 Å². The summed E-state index contributed by atoms with van der Waals surface area (Å²) in [4.78, 5) is 0. The smallest absolute Gasteiger partial charge is 0.209 e. The van der Waals surface area contributed by atoms with Gasteiger partial charge in [-0.1, -0.05) is 30.3 Å². The van der Waals surface area contributed by atoms with Crippen LogP contribution in [0.25, 0.3) is 0 Å². The number of nitrogens with one attached hydrogen (secondary N) is 1. The highest BCUT2D eigenvalue weighted by molar-refractivity contribution is 5.19. The van der Waals surface area contributed by atoms with E-state index in [2.05, 4.69) is 5.32 Å². The molecule has 76 valence electrons. The number of rotatable bonds is 1. The lowest BCUT2D eigenvalue weighted by Gasteiger charge is -2.31. The zero-order valence-corrected chi connectivity index (χ0v) is 7.91. The van der Waals surface area contributed by atoms with Crippen LogP contribution in [0.15, 0.2) is 30.3 Å². The van der Waals surface area contributed by atoms with Crippen LogP contribution in [-0.2, 0) is 0 Å². The van der Waals surface area contributed by atoms with Crippen molar-refractivity contribution in [3.05, 3.63) is 35.9 Å². The number of piperidine rings is 1. The summed E-state index contributed by atoms with van der Waals surface area (Å²) in [5.41, 5.74) is 1.03. The molecule has 1 saturated heterocycles. The normalized spacial score (nSPS) is 32.9. The van der Waals surface area contributed by atoms with E-state index in [-0.39, 0.29) is 18.9 Å². The fraction of sp³-hybridized carbons (Fsp3) is 0.455. The van der Waals surface area contributed by atoms with Crippen molar-refractivity contribution in [1.29, 1.82) is 0 Å². The highest BCUT2D eigenvalue weighted by atomic mass is 19.2. The first-order valence-corrected chi connectivity index (χ1v) is 4.87. The minimum absolute atomic E-state index is 0.0695. The van der Waals surface area contributed by atoms with Crippen LogP contribution >= 0.6 is 0 Å². The fourth-order valence-corrected chi connectivity index (χ4v) is 1.85. The molecule has 3 heteroatoms. The second-order valence-corrected chi connectivity index (χ2v) is 3.79. The van der Waals surface area contributed by atoms with Gasteiger partial charge in [-0.25, -0.2) is 4.39 Å². The molecule has 14 heavy (non-hydrogen) atoms. The molecule has 1 aromatic carbocycles. The van der Waals surface area contributed by atoms with E-state index in [1.54, 1.807) is 0 Å². The minimum atomic E-state index is -2.01. The first-order chi connectivity index (χ1) is 6.67. The second-order valence-electron chi connectivity index (χ2n) is 3.79. The molecular formula is C11H14FNO. The zero-order chi connectivity index (χ0) is 10.0. The number of halogens is 1. The van der Waals surface area contributed by atoms with Gasteiger partial charge in [0.15, 0.2) is 0 Å². The highest BCUT2D eigenvalue weighted by Crippen LogP contribution is 2.30. The Morgan fingerprint density at radius 1 is 1.36 bits per heavy atom. The second kappa shape index (κ2) is 3.67. The van der Waals surface area contributed by atoms with Crippen molar-refractivity contribution >= 4 is 0 Å². The summed E-state index contributed by atoms with van der Waals surface area (Å²) < 4.78 is 13.3. The molecule has 2 rings (SSSR count). The molecule has 0 amide bonds. The first-order valence-electron chi connectivity index (χ1n) is 4.87. The minimum Gasteiger partial charge on any atom is -0.362 e. The number of aliphatic hydroxyl groups is 1. The molecule has 0 bridgehead atoms. The van der Waals surface area contributed by atoms with Gasteiger partial charge in [-0.2, -0.15) is 0 Å². The molecule has 1 fully saturated rings. The van der Waals surface area contributed by atoms with Gasteiger partial charge >= 0.3 is 0 Å². The number of alkyl halides is 1. The van der Waals surface area contributed by atoms with Crippen LogP contribution in [0.1, 0.15) is 24.4 Å². The Bertz CT molecular complexity index is 299. The third kappa shape index (κ3) is 2.11. The van der Waals surface area contributed by atoms with Gasteiger partial charge in [-0.15, -0.1) is 0 Å². The van der Waals surface area contributed by atoms with Crippen LogP contribution < -0.4 is 5.32 Å². The van der Waals surface area contributed by atoms with Crippen LogP contribution in [0.2, 0.25) is 0 Å². The monoisotopic (exact) mass is 195 g/mol. The molecule has 1 aromatic rings. The largest absolute Gasteiger partial charge is 0.362 e. The molecule has 2 N–H and O–H groups in total. The Morgan fingerprint density at radius 3 is 2.71 bits per heavy atom. The molecular weight excluding hydrogens is 181 g/mol. The van der Waals surface area contributed by atoms with E-state index in [1.165, 1.54) is 0 Å². The molecule has 0 aliphatic carbocycles. The SMILES string of the molecule is OC1(F)CCNC(c2ccccc2)C1. The quantitative estimate of drug-likeness (QED) is 0.715. The lowest BCUT2D eigenvalue weighted by atomic mass is 9.94. The standard InChI is InChI=1S/C11H14FNO/c12-11(14)6-7-13-10(8-11)9-4-2-1-3-5-9/h1-5,10,13-14H,6-8H2. The highest BCUT2D eigenvalue weighted by Gasteiger charge is 2.34. The van der Waals surface area contributed by atoms with Crippen molar-refractivity contribution in [1.82, 2.24) is 5.32 Å². The molecule has 0 spiro atoms. The van der Waals surface area contributed by atoms with Gasteiger partial charge in [0.2, 0.25) is 5.85 Å². The summed E-state index contributed by atoms with van der Waals surface area (Å²) in [5.74, 6) is -2.01. The van der Waals surface area contributed by atoms with Gasteiger partial charge in [0, 0.05) is 25.4 Å². The van der Waals surface area contributed by atoms with E-state index in [4.69, 9.17) is 0 Å². The van der Waals surface area contributed by atoms with Gasteiger partial charge in [0.25, 0.3) is 0 Å². The van der Waals surface area contributed by atoms with E-state index < -0.39 is 5.85 Å². The van der Waals surface area contributed by atoms with Crippen LogP contribution in [0, 0.1) is 0 Å². The van der Waals surface area contributed by atoms with Crippen molar-refractivity contribution in [2.75, 3.05) is 6.54 Å². The Labute approximate surface area is 82.8 Å². The third-order valence-electron chi connectivity index (χ3n) is 2.62. The van der Waals surface area contributed by atoms with E-state index in [0.717, 1.165) is 5.56 Å². The van der Waals surface area contributed by atoms with Crippen molar-refractivity contribution in [2.24, 2.45) is 0 Å². The summed E-state index contributed by atoms with van der Waals surface area (Å²) in [7, 11) is 0. The van der Waals surface area contributed by atoms with Crippen molar-refractivity contribution in [2.45, 2.75) is 24.7 Å². The van der Waals surface area contributed by atoms with Crippen LogP contribution in [-0.4, -0.2) is 17.5 Å². The fourth-order valence-electron chi connectivity index (χ4n) is 1.85. The van der Waals surface area contributed by atoms with Crippen LogP contribution in [0.4, 0.5) is 4.39 Å². The maximum atomic E-state index is 13.3. The van der Waals surface area contributed by atoms with Gasteiger partial charge in [0.1, 0.15) is 0 Å². The Balaban J connectivity index is 2.12. The van der Waals surface area contributed by atoms with E-state index >= 15 is 0 Å². The molecule has 0 radical (unpaired) electrons. The Morgan fingerprint density at radius 2 is 2.07 bits per heavy atom. The molecule has 0 saturated carbocycles. The number of benzene rings is 1. The van der Waals surface area contributed by atoms with Crippen LogP contribution in [0.5, 0.6) is 0 Å². The van der Waals surface area contributed by atoms with E-state index in [0.29, 0.717) is 6.54 Å². The lowest BCUT2D eigenvalue weighted by molar-refractivity contribution is -0.118. The molecule has 2 nitrogen and oxygen atoms in total. The molecule has 2 unspecified atom stereocenters. The van der Waals surface area contributed by atoms with E-state index in [1.807, 2.05) is 30.3 Å². The maximum Gasteiger partial charge on any atom is 0.209 e. The molecule has 1 heterocycles. The van der Waals surface area contributed by atoms with Gasteiger partial charge in [-0.05, 0) is 5.56 Å². The van der Waals surface area contributed by atoms with Crippen molar-refractivity contribution in [3.63, 3.8) is 0 Å². The van der Waals surface area contributed by atoms with Crippen molar-refractivity contribution < 1.29 is 9.50 Å². The molecule has 2 atom stereocenters. The predicted molar refractivity (Wildman–Crippen MR) is 52.5 cm³/mol. The lowest BCUT2D eigenvalue weighted by Crippen LogP contribution is -2.40. The summed E-state index contributed by atoms with van der Waals surface area (Å²) in [6.45, 7) is 0.520. The molecule has 1 aliphatic rings. The van der Waals surface area contributed by atoms with Gasteiger partial charge in [-0.3, -0.25) is 0 Å². The topological polar surface area (TPSA) is 32.3 Å². The summed E-state index contributed by atoms with van der Waals surface area (Å²) >= 11 is 0. The predicted octanol–water partition coefficient (Wildman–Crippen LogP) is 1.77. The average Bonchev–Trinajstić information content (AvgIpc) is 2.18.